The number of carbonyl (C=O) groups excluding carboxylic acids is 1. The highest BCUT2D eigenvalue weighted by molar-refractivity contribution is 5.76. The van der Waals surface area contributed by atoms with Gasteiger partial charge < -0.3 is 40.3 Å². The molecule has 0 aromatic carbocycles. The van der Waals surface area contributed by atoms with Crippen molar-refractivity contribution >= 4 is 5.91 Å². The van der Waals surface area contributed by atoms with Crippen molar-refractivity contribution in [2.24, 2.45) is 0 Å². The molecule has 7 unspecified atom stereocenters. The standard InChI is InChI=1S/C47H93NO8/c1-3-5-7-9-11-13-15-17-19-20-21-23-25-27-29-31-33-35-37-43(51)48-40(39-55-47-46(54)45(53)44(52)42(38-49)56-47)41(50)36-34-32-30-28-26-24-22-18-16-14-12-10-8-6-4-2/h40-42,44-47,49-50,52-54H,3-39H2,1-2H3,(H,48,51). The lowest BCUT2D eigenvalue weighted by Crippen LogP contribution is -2.60. The molecule has 6 N–H and O–H groups in total. The van der Waals surface area contributed by atoms with E-state index in [1.165, 1.54) is 173 Å². The second kappa shape index (κ2) is 38.4. The molecule has 1 amide bonds. The molecule has 7 atom stereocenters. The Morgan fingerprint density at radius 2 is 0.893 bits per heavy atom. The van der Waals surface area contributed by atoms with Crippen molar-refractivity contribution in [3.05, 3.63) is 0 Å². The number of amides is 1. The lowest BCUT2D eigenvalue weighted by atomic mass is 9.99. The van der Waals surface area contributed by atoms with Crippen LogP contribution in [-0.4, -0.2) is 87.5 Å². The minimum atomic E-state index is -1.55. The summed E-state index contributed by atoms with van der Waals surface area (Å²) in [6.45, 7) is 3.86. The molecule has 0 aromatic rings. The first kappa shape index (κ1) is 53.2. The normalized spacial score (nSPS) is 21.0. The van der Waals surface area contributed by atoms with E-state index >= 15 is 0 Å². The van der Waals surface area contributed by atoms with Gasteiger partial charge in [-0.25, -0.2) is 0 Å². The predicted octanol–water partition coefficient (Wildman–Crippen LogP) is 10.3. The largest absolute Gasteiger partial charge is 0.394 e. The topological polar surface area (TPSA) is 149 Å². The molecule has 334 valence electrons. The summed E-state index contributed by atoms with van der Waals surface area (Å²) in [6, 6.07) is -0.711. The Balaban J connectivity index is 2.28. The van der Waals surface area contributed by atoms with Gasteiger partial charge in [0.25, 0.3) is 0 Å². The summed E-state index contributed by atoms with van der Waals surface area (Å²) in [5.74, 6) is -0.139. The molecule has 1 rings (SSSR count). The molecule has 0 bridgehead atoms. The summed E-state index contributed by atoms with van der Waals surface area (Å²) in [5.41, 5.74) is 0. The fourth-order valence-corrected chi connectivity index (χ4v) is 8.04. The number of ether oxygens (including phenoxy) is 2. The second-order valence-electron chi connectivity index (χ2n) is 17.3. The molecule has 0 radical (unpaired) electrons. The third kappa shape index (κ3) is 28.6. The van der Waals surface area contributed by atoms with Crippen LogP contribution in [0.5, 0.6) is 0 Å². The van der Waals surface area contributed by atoms with Crippen LogP contribution >= 0.6 is 0 Å². The van der Waals surface area contributed by atoms with Gasteiger partial charge in [-0.3, -0.25) is 4.79 Å². The quantitative estimate of drug-likeness (QED) is 0.0335. The maximum Gasteiger partial charge on any atom is 0.220 e. The van der Waals surface area contributed by atoms with E-state index in [1.807, 2.05) is 0 Å². The average Bonchev–Trinajstić information content (AvgIpc) is 3.20. The molecule has 1 saturated heterocycles. The van der Waals surface area contributed by atoms with Crippen molar-refractivity contribution in [3.8, 4) is 0 Å². The highest BCUT2D eigenvalue weighted by Crippen LogP contribution is 2.23. The Morgan fingerprint density at radius 1 is 0.536 bits per heavy atom. The molecule has 56 heavy (non-hydrogen) atoms. The molecule has 0 spiro atoms. The molecular weight excluding hydrogens is 707 g/mol. The Labute approximate surface area is 344 Å². The van der Waals surface area contributed by atoms with Gasteiger partial charge in [-0.2, -0.15) is 0 Å². The zero-order valence-electron chi connectivity index (χ0n) is 36.7. The lowest BCUT2D eigenvalue weighted by Gasteiger charge is -2.40. The fourth-order valence-electron chi connectivity index (χ4n) is 8.04. The first-order chi connectivity index (χ1) is 27.3. The predicted molar refractivity (Wildman–Crippen MR) is 231 cm³/mol. The molecular formula is C47H93NO8. The SMILES string of the molecule is CCCCCCCCCCCCCCCCCCCCC(=O)NC(COC1OC(CO)C(O)C(O)C1O)C(O)CCCCCCCCCCCCCCCCC. The van der Waals surface area contributed by atoms with Crippen molar-refractivity contribution in [3.63, 3.8) is 0 Å². The molecule has 9 heteroatoms. The Morgan fingerprint density at radius 3 is 1.27 bits per heavy atom. The number of aliphatic hydroxyl groups is 5. The molecule has 1 aliphatic rings. The van der Waals surface area contributed by atoms with Crippen molar-refractivity contribution in [1.29, 1.82) is 0 Å². The summed E-state index contributed by atoms with van der Waals surface area (Å²) in [7, 11) is 0. The number of unbranched alkanes of at least 4 members (excludes halogenated alkanes) is 31. The lowest BCUT2D eigenvalue weighted by molar-refractivity contribution is -0.302. The van der Waals surface area contributed by atoms with E-state index < -0.39 is 49.5 Å². The first-order valence-corrected chi connectivity index (χ1v) is 24.2. The van der Waals surface area contributed by atoms with E-state index in [9.17, 15) is 30.3 Å². The summed E-state index contributed by atoms with van der Waals surface area (Å²) in [4.78, 5) is 13.0. The Kier molecular flexibility index (Phi) is 36.5. The highest BCUT2D eigenvalue weighted by Gasteiger charge is 2.44. The molecule has 0 aliphatic carbocycles. The summed E-state index contributed by atoms with van der Waals surface area (Å²) < 4.78 is 11.3. The van der Waals surface area contributed by atoms with Crippen LogP contribution in [0.15, 0.2) is 0 Å². The van der Waals surface area contributed by atoms with Gasteiger partial charge in [0.1, 0.15) is 24.4 Å². The number of carbonyl (C=O) groups is 1. The maximum absolute atomic E-state index is 13.0. The van der Waals surface area contributed by atoms with Crippen LogP contribution < -0.4 is 5.32 Å². The zero-order valence-corrected chi connectivity index (χ0v) is 36.7. The second-order valence-corrected chi connectivity index (χ2v) is 17.3. The minimum Gasteiger partial charge on any atom is -0.394 e. The number of hydrogen-bond donors (Lipinski definition) is 6. The van der Waals surface area contributed by atoms with Crippen LogP contribution in [0.2, 0.25) is 0 Å². The van der Waals surface area contributed by atoms with Crippen molar-refractivity contribution in [2.75, 3.05) is 13.2 Å². The van der Waals surface area contributed by atoms with Gasteiger partial charge in [-0.05, 0) is 12.8 Å². The smallest absolute Gasteiger partial charge is 0.220 e. The van der Waals surface area contributed by atoms with Crippen LogP contribution in [-0.2, 0) is 14.3 Å². The summed E-state index contributed by atoms with van der Waals surface area (Å²) in [5, 5.41) is 54.4. The van der Waals surface area contributed by atoms with Gasteiger partial charge in [0.15, 0.2) is 6.29 Å². The van der Waals surface area contributed by atoms with Crippen LogP contribution in [0.1, 0.15) is 239 Å². The number of rotatable bonds is 41. The fraction of sp³-hybridized carbons (Fsp3) is 0.979. The van der Waals surface area contributed by atoms with Crippen LogP contribution in [0.3, 0.4) is 0 Å². The third-order valence-electron chi connectivity index (χ3n) is 12.0. The number of aliphatic hydroxyl groups excluding tert-OH is 5. The summed E-state index contributed by atoms with van der Waals surface area (Å²) in [6.07, 6.45) is 35.3. The molecule has 0 saturated carbocycles. The Bertz CT molecular complexity index is 847. The van der Waals surface area contributed by atoms with E-state index in [4.69, 9.17) is 9.47 Å². The van der Waals surface area contributed by atoms with E-state index in [0.29, 0.717) is 12.8 Å². The minimum absolute atomic E-state index is 0.131. The monoisotopic (exact) mass is 800 g/mol. The van der Waals surface area contributed by atoms with Gasteiger partial charge in [0.05, 0.1) is 25.4 Å². The average molecular weight is 800 g/mol. The zero-order chi connectivity index (χ0) is 40.9. The third-order valence-corrected chi connectivity index (χ3v) is 12.0. The van der Waals surface area contributed by atoms with Gasteiger partial charge >= 0.3 is 0 Å². The van der Waals surface area contributed by atoms with E-state index in [-0.39, 0.29) is 12.5 Å². The molecule has 1 fully saturated rings. The van der Waals surface area contributed by atoms with E-state index in [0.717, 1.165) is 38.5 Å². The maximum atomic E-state index is 13.0. The Hall–Kier alpha value is -0.810. The van der Waals surface area contributed by atoms with Crippen molar-refractivity contribution < 1.29 is 39.8 Å². The van der Waals surface area contributed by atoms with E-state index in [2.05, 4.69) is 19.2 Å². The molecule has 1 heterocycles. The number of hydrogen-bond acceptors (Lipinski definition) is 8. The van der Waals surface area contributed by atoms with Crippen LogP contribution in [0.25, 0.3) is 0 Å². The molecule has 0 aromatic heterocycles. The van der Waals surface area contributed by atoms with Gasteiger partial charge in [-0.15, -0.1) is 0 Å². The van der Waals surface area contributed by atoms with Crippen LogP contribution in [0, 0.1) is 0 Å². The molecule has 1 aliphatic heterocycles. The molecule has 9 nitrogen and oxygen atoms in total. The van der Waals surface area contributed by atoms with Gasteiger partial charge in [0.2, 0.25) is 5.91 Å². The highest BCUT2D eigenvalue weighted by atomic mass is 16.7. The van der Waals surface area contributed by atoms with E-state index in [1.54, 1.807) is 0 Å². The van der Waals surface area contributed by atoms with Crippen molar-refractivity contribution in [2.45, 2.75) is 281 Å². The first-order valence-electron chi connectivity index (χ1n) is 24.2. The van der Waals surface area contributed by atoms with Gasteiger partial charge in [0, 0.05) is 6.42 Å². The van der Waals surface area contributed by atoms with Gasteiger partial charge in [-0.1, -0.05) is 219 Å². The summed E-state index contributed by atoms with van der Waals surface area (Å²) >= 11 is 0. The van der Waals surface area contributed by atoms with Crippen molar-refractivity contribution in [1.82, 2.24) is 5.32 Å². The number of nitrogens with one attached hydrogen (secondary N) is 1. The van der Waals surface area contributed by atoms with Crippen LogP contribution in [0.4, 0.5) is 0 Å².